The minimum Gasteiger partial charge on any atom is -0.334 e. The van der Waals surface area contributed by atoms with Crippen LogP contribution in [0.1, 0.15) is 22.3 Å². The summed E-state index contributed by atoms with van der Waals surface area (Å²) in [5, 5.41) is 0. The molecule has 5 nitrogen and oxygen atoms in total. The fourth-order valence-corrected chi connectivity index (χ4v) is 3.03. The molecular formula is C21H18N4O. The first-order chi connectivity index (χ1) is 12.8. The second-order valence-corrected chi connectivity index (χ2v) is 6.13. The number of nitrogens with zero attached hydrogens (tertiary/aromatic N) is 4. The van der Waals surface area contributed by atoms with Crippen molar-refractivity contribution in [3.05, 3.63) is 84.5 Å². The van der Waals surface area contributed by atoms with E-state index in [2.05, 4.69) is 33.2 Å². The van der Waals surface area contributed by atoms with E-state index in [-0.39, 0.29) is 5.91 Å². The van der Waals surface area contributed by atoms with Crippen molar-refractivity contribution in [2.24, 2.45) is 0 Å². The van der Waals surface area contributed by atoms with E-state index in [0.29, 0.717) is 24.5 Å². The predicted octanol–water partition coefficient (Wildman–Crippen LogP) is 3.47. The zero-order valence-electron chi connectivity index (χ0n) is 14.2. The summed E-state index contributed by atoms with van der Waals surface area (Å²) in [6, 6.07) is 14.0. The van der Waals surface area contributed by atoms with Crippen molar-refractivity contribution in [3.63, 3.8) is 0 Å². The highest BCUT2D eigenvalue weighted by atomic mass is 16.2. The number of carbonyl (C=O) groups excluding carboxylic acids is 1. The van der Waals surface area contributed by atoms with E-state index in [0.717, 1.165) is 12.0 Å². The number of rotatable bonds is 3. The van der Waals surface area contributed by atoms with Gasteiger partial charge in [-0.3, -0.25) is 9.78 Å². The van der Waals surface area contributed by atoms with Gasteiger partial charge < -0.3 is 4.90 Å². The summed E-state index contributed by atoms with van der Waals surface area (Å²) in [6.07, 6.45) is 9.57. The third-order valence-corrected chi connectivity index (χ3v) is 4.46. The molecule has 3 heterocycles. The number of amides is 1. The molecule has 1 aliphatic heterocycles. The highest BCUT2D eigenvalue weighted by Gasteiger charge is 2.20. The number of benzene rings is 1. The second kappa shape index (κ2) is 7.27. The Morgan fingerprint density at radius 1 is 0.923 bits per heavy atom. The van der Waals surface area contributed by atoms with Gasteiger partial charge in [-0.05, 0) is 29.7 Å². The molecule has 0 bridgehead atoms. The van der Waals surface area contributed by atoms with Crippen LogP contribution in [-0.4, -0.2) is 38.8 Å². The Morgan fingerprint density at radius 2 is 1.69 bits per heavy atom. The lowest BCUT2D eigenvalue weighted by Gasteiger charge is -2.26. The van der Waals surface area contributed by atoms with E-state index >= 15 is 0 Å². The normalized spacial score (nSPS) is 14.0. The lowest BCUT2D eigenvalue weighted by atomic mass is 9.99. The molecule has 0 N–H and O–H groups in total. The zero-order valence-corrected chi connectivity index (χ0v) is 14.2. The molecule has 1 aliphatic rings. The van der Waals surface area contributed by atoms with Crippen LogP contribution in [-0.2, 0) is 0 Å². The van der Waals surface area contributed by atoms with E-state index in [9.17, 15) is 4.79 Å². The Labute approximate surface area is 152 Å². The summed E-state index contributed by atoms with van der Waals surface area (Å²) in [7, 11) is 0. The van der Waals surface area contributed by atoms with Gasteiger partial charge >= 0.3 is 0 Å². The number of pyridine rings is 1. The smallest absolute Gasteiger partial charge is 0.257 e. The summed E-state index contributed by atoms with van der Waals surface area (Å²) in [6.45, 7) is 1.30. The van der Waals surface area contributed by atoms with Gasteiger partial charge in [0.25, 0.3) is 5.91 Å². The maximum absolute atomic E-state index is 12.7. The first-order valence-electron chi connectivity index (χ1n) is 8.57. The molecular weight excluding hydrogens is 324 g/mol. The Hall–Kier alpha value is -3.34. The number of carbonyl (C=O) groups is 1. The van der Waals surface area contributed by atoms with Gasteiger partial charge in [-0.25, -0.2) is 9.97 Å². The highest BCUT2D eigenvalue weighted by Crippen LogP contribution is 2.23. The third-order valence-electron chi connectivity index (χ3n) is 4.46. The zero-order chi connectivity index (χ0) is 17.8. The molecule has 128 valence electrons. The summed E-state index contributed by atoms with van der Waals surface area (Å²) in [4.78, 5) is 27.2. The molecule has 0 radical (unpaired) electrons. The predicted molar refractivity (Wildman–Crippen MR) is 100 cm³/mol. The van der Waals surface area contributed by atoms with Crippen LogP contribution in [0.25, 0.3) is 17.0 Å². The monoisotopic (exact) mass is 342 g/mol. The fourth-order valence-electron chi connectivity index (χ4n) is 3.03. The number of hydrogen-bond donors (Lipinski definition) is 0. The van der Waals surface area contributed by atoms with Crippen LogP contribution in [0.4, 0.5) is 0 Å². The molecule has 0 unspecified atom stereocenters. The SMILES string of the molecule is O=C(c1cnc(-c2cccnc2)nc1)N1CC=C(c2ccccc2)CC1. The molecule has 0 saturated carbocycles. The van der Waals surface area contributed by atoms with E-state index in [1.54, 1.807) is 24.8 Å². The summed E-state index contributed by atoms with van der Waals surface area (Å²) >= 11 is 0. The number of hydrogen-bond acceptors (Lipinski definition) is 4. The highest BCUT2D eigenvalue weighted by molar-refractivity contribution is 5.94. The van der Waals surface area contributed by atoms with Gasteiger partial charge in [0.05, 0.1) is 5.56 Å². The van der Waals surface area contributed by atoms with Crippen LogP contribution in [0.15, 0.2) is 73.3 Å². The van der Waals surface area contributed by atoms with E-state index < -0.39 is 0 Å². The van der Waals surface area contributed by atoms with Crippen LogP contribution in [0.2, 0.25) is 0 Å². The molecule has 4 rings (SSSR count). The quantitative estimate of drug-likeness (QED) is 0.731. The Bertz CT molecular complexity index is 921. The van der Waals surface area contributed by atoms with Crippen LogP contribution >= 0.6 is 0 Å². The van der Waals surface area contributed by atoms with Gasteiger partial charge in [-0.2, -0.15) is 0 Å². The van der Waals surface area contributed by atoms with Crippen molar-refractivity contribution in [1.82, 2.24) is 19.9 Å². The van der Waals surface area contributed by atoms with Gasteiger partial charge in [0, 0.05) is 43.4 Å². The summed E-state index contributed by atoms with van der Waals surface area (Å²) in [5.74, 6) is 0.533. The molecule has 0 spiro atoms. The molecule has 3 aromatic rings. The van der Waals surface area contributed by atoms with Gasteiger partial charge in [-0.1, -0.05) is 36.4 Å². The van der Waals surface area contributed by atoms with E-state index in [4.69, 9.17) is 0 Å². The van der Waals surface area contributed by atoms with Crippen LogP contribution in [0.5, 0.6) is 0 Å². The van der Waals surface area contributed by atoms with Crippen molar-refractivity contribution in [1.29, 1.82) is 0 Å². The molecule has 2 aromatic heterocycles. The van der Waals surface area contributed by atoms with Gasteiger partial charge in [-0.15, -0.1) is 0 Å². The summed E-state index contributed by atoms with van der Waals surface area (Å²) < 4.78 is 0. The average molecular weight is 342 g/mol. The largest absolute Gasteiger partial charge is 0.334 e. The van der Waals surface area contributed by atoms with Crippen molar-refractivity contribution < 1.29 is 4.79 Å². The minimum absolute atomic E-state index is 0.0360. The Kier molecular flexibility index (Phi) is 4.51. The average Bonchev–Trinajstić information content (AvgIpc) is 2.75. The lowest BCUT2D eigenvalue weighted by Crippen LogP contribution is -2.34. The third kappa shape index (κ3) is 3.37. The van der Waals surface area contributed by atoms with Gasteiger partial charge in [0.1, 0.15) is 0 Å². The first-order valence-corrected chi connectivity index (χ1v) is 8.57. The van der Waals surface area contributed by atoms with E-state index in [1.165, 1.54) is 11.1 Å². The van der Waals surface area contributed by atoms with Gasteiger partial charge in [0.15, 0.2) is 5.82 Å². The van der Waals surface area contributed by atoms with Gasteiger partial charge in [0.2, 0.25) is 0 Å². The fraction of sp³-hybridized carbons (Fsp3) is 0.143. The Balaban J connectivity index is 1.46. The maximum Gasteiger partial charge on any atom is 0.257 e. The standard InChI is InChI=1S/C21H18N4O/c26-21(19-14-23-20(24-15-19)18-7-4-10-22-13-18)25-11-8-17(9-12-25)16-5-2-1-3-6-16/h1-8,10,13-15H,9,11-12H2. The topological polar surface area (TPSA) is 59.0 Å². The van der Waals surface area contributed by atoms with Crippen molar-refractivity contribution in [2.75, 3.05) is 13.1 Å². The lowest BCUT2D eigenvalue weighted by molar-refractivity contribution is 0.0772. The Morgan fingerprint density at radius 3 is 2.35 bits per heavy atom. The molecule has 0 aliphatic carbocycles. The second-order valence-electron chi connectivity index (χ2n) is 6.13. The molecule has 0 atom stereocenters. The van der Waals surface area contributed by atoms with E-state index in [1.807, 2.05) is 35.2 Å². The minimum atomic E-state index is -0.0360. The van der Waals surface area contributed by atoms with Crippen LogP contribution in [0.3, 0.4) is 0 Å². The first kappa shape index (κ1) is 16.1. The van der Waals surface area contributed by atoms with Crippen molar-refractivity contribution >= 4 is 11.5 Å². The molecule has 1 aromatic carbocycles. The summed E-state index contributed by atoms with van der Waals surface area (Å²) in [5.41, 5.74) is 3.86. The molecule has 26 heavy (non-hydrogen) atoms. The van der Waals surface area contributed by atoms with Crippen LogP contribution < -0.4 is 0 Å². The molecule has 0 saturated heterocycles. The molecule has 5 heteroatoms. The number of aromatic nitrogens is 3. The molecule has 1 amide bonds. The molecule has 0 fully saturated rings. The maximum atomic E-state index is 12.7. The van der Waals surface area contributed by atoms with Crippen molar-refractivity contribution in [3.8, 4) is 11.4 Å². The van der Waals surface area contributed by atoms with Crippen LogP contribution in [0, 0.1) is 0 Å². The van der Waals surface area contributed by atoms with Crippen molar-refractivity contribution in [2.45, 2.75) is 6.42 Å².